The van der Waals surface area contributed by atoms with Crippen molar-refractivity contribution < 1.29 is 22.7 Å². The van der Waals surface area contributed by atoms with Crippen molar-refractivity contribution in [2.45, 2.75) is 31.5 Å². The number of esters is 1. The van der Waals surface area contributed by atoms with Crippen LogP contribution < -0.4 is 5.73 Å². The molecule has 0 spiro atoms. The molecule has 0 aliphatic heterocycles. The molecule has 6 heteroatoms. The molecule has 0 heterocycles. The molecule has 0 amide bonds. The molecule has 1 rings (SSSR count). The average molecular weight is 211 g/mol. The molecule has 0 aromatic rings. The van der Waals surface area contributed by atoms with E-state index in [1.54, 1.807) is 0 Å². The van der Waals surface area contributed by atoms with Crippen LogP contribution in [0.5, 0.6) is 0 Å². The van der Waals surface area contributed by atoms with Crippen molar-refractivity contribution in [3.8, 4) is 0 Å². The van der Waals surface area contributed by atoms with Crippen LogP contribution in [-0.4, -0.2) is 24.3 Å². The summed E-state index contributed by atoms with van der Waals surface area (Å²) in [6, 6.07) is 0. The van der Waals surface area contributed by atoms with E-state index in [1.165, 1.54) is 0 Å². The Morgan fingerprint density at radius 3 is 2.36 bits per heavy atom. The van der Waals surface area contributed by atoms with E-state index in [1.807, 2.05) is 0 Å². The molecule has 3 nitrogen and oxygen atoms in total. The first kappa shape index (κ1) is 11.3. The van der Waals surface area contributed by atoms with Crippen LogP contribution in [-0.2, 0) is 9.53 Å². The van der Waals surface area contributed by atoms with Crippen molar-refractivity contribution in [3.05, 3.63) is 0 Å². The van der Waals surface area contributed by atoms with Crippen molar-refractivity contribution in [1.82, 2.24) is 0 Å². The van der Waals surface area contributed by atoms with Gasteiger partial charge in [0.15, 0.2) is 0 Å². The van der Waals surface area contributed by atoms with Gasteiger partial charge in [0.1, 0.15) is 0 Å². The summed E-state index contributed by atoms with van der Waals surface area (Å²) in [6.45, 7) is 0.657. The molecular formula is C8H12F3NO2. The fraction of sp³-hybridized carbons (Fsp3) is 0.875. The molecule has 0 aromatic heterocycles. The minimum absolute atomic E-state index is 0.0434. The van der Waals surface area contributed by atoms with Crippen molar-refractivity contribution in [1.29, 1.82) is 0 Å². The number of hydrogen-bond acceptors (Lipinski definition) is 3. The largest absolute Gasteiger partial charge is 0.464 e. The van der Waals surface area contributed by atoms with Gasteiger partial charge in [-0.15, -0.1) is 0 Å². The lowest BCUT2D eigenvalue weighted by atomic mass is 10.0. The zero-order chi connectivity index (χ0) is 11.0. The lowest BCUT2D eigenvalue weighted by Gasteiger charge is -2.25. The summed E-state index contributed by atoms with van der Waals surface area (Å²) in [5, 5.41) is 0. The second-order valence-corrected chi connectivity index (χ2v) is 3.74. The molecule has 0 saturated heterocycles. The third kappa shape index (κ3) is 2.37. The molecule has 1 aliphatic carbocycles. The normalized spacial score (nSPS) is 21.5. The van der Waals surface area contributed by atoms with E-state index in [0.717, 1.165) is 12.8 Å². The maximum atomic E-state index is 12.2. The molecule has 1 unspecified atom stereocenters. The zero-order valence-corrected chi connectivity index (χ0v) is 7.73. The smallest absolute Gasteiger partial charge is 0.416 e. The van der Waals surface area contributed by atoms with Gasteiger partial charge in [-0.05, 0) is 25.7 Å². The van der Waals surface area contributed by atoms with Crippen LogP contribution in [0.2, 0.25) is 0 Å². The minimum Gasteiger partial charge on any atom is -0.464 e. The van der Waals surface area contributed by atoms with Gasteiger partial charge in [-0.2, -0.15) is 13.2 Å². The summed E-state index contributed by atoms with van der Waals surface area (Å²) in [5.41, 5.74) is 1.94. The number of hydrogen-bond donors (Lipinski definition) is 1. The summed E-state index contributed by atoms with van der Waals surface area (Å²) < 4.78 is 41.1. The fourth-order valence-electron chi connectivity index (χ4n) is 0.744. The van der Waals surface area contributed by atoms with Crippen molar-refractivity contribution in [2.75, 3.05) is 6.61 Å². The van der Waals surface area contributed by atoms with E-state index in [0.29, 0.717) is 6.92 Å². The summed E-state index contributed by atoms with van der Waals surface area (Å²) in [5.74, 6) is -1.18. The van der Waals surface area contributed by atoms with Gasteiger partial charge in [0.25, 0.3) is 0 Å². The van der Waals surface area contributed by atoms with Gasteiger partial charge in [-0.1, -0.05) is 0 Å². The first-order valence-electron chi connectivity index (χ1n) is 4.28. The molecule has 1 aliphatic rings. The quantitative estimate of drug-likeness (QED) is 0.714. The molecule has 0 bridgehead atoms. The Morgan fingerprint density at radius 1 is 1.50 bits per heavy atom. The molecule has 1 atom stereocenters. The number of ether oxygens (including phenoxy) is 1. The summed E-state index contributed by atoms with van der Waals surface area (Å²) in [6.07, 6.45) is -2.96. The average Bonchev–Trinajstić information content (AvgIpc) is 2.80. The molecule has 0 radical (unpaired) electrons. The van der Waals surface area contributed by atoms with E-state index < -0.39 is 17.7 Å². The second kappa shape index (κ2) is 3.42. The topological polar surface area (TPSA) is 52.3 Å². The number of alkyl halides is 3. The number of carbonyl (C=O) groups is 1. The Labute approximate surface area is 79.4 Å². The van der Waals surface area contributed by atoms with Gasteiger partial charge in [0.05, 0.1) is 6.61 Å². The van der Waals surface area contributed by atoms with Crippen molar-refractivity contribution >= 4 is 5.97 Å². The predicted molar refractivity (Wildman–Crippen MR) is 42.3 cm³/mol. The van der Waals surface area contributed by atoms with Crippen LogP contribution in [0, 0.1) is 5.92 Å². The van der Waals surface area contributed by atoms with E-state index in [4.69, 9.17) is 5.73 Å². The molecule has 2 N–H and O–H groups in total. The minimum atomic E-state index is -4.77. The van der Waals surface area contributed by atoms with E-state index in [-0.39, 0.29) is 12.5 Å². The maximum absolute atomic E-state index is 12.2. The molecule has 0 aromatic carbocycles. The van der Waals surface area contributed by atoms with Crippen molar-refractivity contribution in [2.24, 2.45) is 11.7 Å². The molecule has 14 heavy (non-hydrogen) atoms. The van der Waals surface area contributed by atoms with Crippen LogP contribution in [0.3, 0.4) is 0 Å². The maximum Gasteiger partial charge on any atom is 0.416 e. The summed E-state index contributed by atoms with van der Waals surface area (Å²) in [7, 11) is 0. The van der Waals surface area contributed by atoms with Gasteiger partial charge in [0.2, 0.25) is 5.54 Å². The lowest BCUT2D eigenvalue weighted by molar-refractivity contribution is -0.202. The Morgan fingerprint density at radius 2 is 2.00 bits per heavy atom. The van der Waals surface area contributed by atoms with Gasteiger partial charge in [-0.25, -0.2) is 4.79 Å². The van der Waals surface area contributed by atoms with Crippen LogP contribution in [0.1, 0.15) is 19.8 Å². The van der Waals surface area contributed by atoms with Gasteiger partial charge in [-0.3, -0.25) is 0 Å². The molecule has 82 valence electrons. The van der Waals surface area contributed by atoms with Crippen LogP contribution >= 0.6 is 0 Å². The number of rotatable bonds is 3. The highest BCUT2D eigenvalue weighted by molar-refractivity contribution is 5.81. The first-order valence-corrected chi connectivity index (χ1v) is 4.28. The first-order chi connectivity index (χ1) is 6.25. The third-order valence-corrected chi connectivity index (χ3v) is 2.16. The highest BCUT2D eigenvalue weighted by Gasteiger charge is 2.55. The van der Waals surface area contributed by atoms with Crippen molar-refractivity contribution in [3.63, 3.8) is 0 Å². The van der Waals surface area contributed by atoms with E-state index >= 15 is 0 Å². The Bertz CT molecular complexity index is 233. The van der Waals surface area contributed by atoms with Crippen LogP contribution in [0.4, 0.5) is 13.2 Å². The van der Waals surface area contributed by atoms with Gasteiger partial charge < -0.3 is 10.5 Å². The second-order valence-electron chi connectivity index (χ2n) is 3.74. The zero-order valence-electron chi connectivity index (χ0n) is 7.73. The van der Waals surface area contributed by atoms with Gasteiger partial charge >= 0.3 is 12.1 Å². The Hall–Kier alpha value is -0.780. The van der Waals surface area contributed by atoms with Gasteiger partial charge in [0, 0.05) is 0 Å². The van der Waals surface area contributed by atoms with Crippen LogP contribution in [0.25, 0.3) is 0 Å². The monoisotopic (exact) mass is 211 g/mol. The number of carbonyl (C=O) groups excluding carboxylic acids is 1. The molecule has 1 fully saturated rings. The highest BCUT2D eigenvalue weighted by Crippen LogP contribution is 2.32. The third-order valence-electron chi connectivity index (χ3n) is 2.16. The molecule has 1 saturated carbocycles. The number of nitrogens with two attached hydrogens (primary N) is 1. The SMILES string of the molecule is CC(N)(C(=O)OCC1CC1)C(F)(F)F. The highest BCUT2D eigenvalue weighted by atomic mass is 19.4. The Kier molecular flexibility index (Phi) is 2.76. The Balaban J connectivity index is 2.48. The fourth-order valence-corrected chi connectivity index (χ4v) is 0.744. The van der Waals surface area contributed by atoms with E-state index in [2.05, 4.69) is 4.74 Å². The lowest BCUT2D eigenvalue weighted by Crippen LogP contribution is -2.57. The predicted octanol–water partition coefficient (Wildman–Crippen LogP) is 1.22. The van der Waals surface area contributed by atoms with E-state index in [9.17, 15) is 18.0 Å². The standard InChI is InChI=1S/C8H12F3NO2/c1-7(12,8(9,10)11)6(13)14-4-5-2-3-5/h5H,2-4,12H2,1H3. The number of halogens is 3. The summed E-state index contributed by atoms with van der Waals surface area (Å²) >= 11 is 0. The molecular weight excluding hydrogens is 199 g/mol. The summed E-state index contributed by atoms with van der Waals surface area (Å²) in [4.78, 5) is 11.0. The van der Waals surface area contributed by atoms with Crippen LogP contribution in [0.15, 0.2) is 0 Å².